The van der Waals surface area contributed by atoms with Crippen molar-refractivity contribution in [3.8, 4) is 22.6 Å². The lowest BCUT2D eigenvalue weighted by Gasteiger charge is -2.44. The summed E-state index contributed by atoms with van der Waals surface area (Å²) in [5.41, 5.74) is 5.70. The average Bonchev–Trinajstić information content (AvgIpc) is 3.84. The number of anilines is 2. The molecule has 0 bridgehead atoms. The van der Waals surface area contributed by atoms with E-state index in [0.29, 0.717) is 5.69 Å². The van der Waals surface area contributed by atoms with Crippen LogP contribution in [0.1, 0.15) is 102 Å². The second-order valence-electron chi connectivity index (χ2n) is 20.8. The Morgan fingerprint density at radius 2 is 1.43 bits per heavy atom. The van der Waals surface area contributed by atoms with E-state index >= 15 is 0 Å². The van der Waals surface area contributed by atoms with Crippen LogP contribution in [-0.2, 0) is 23.5 Å². The Morgan fingerprint density at radius 1 is 0.826 bits per heavy atom. The molecule has 4 aromatic rings. The summed E-state index contributed by atoms with van der Waals surface area (Å²) in [6.45, 7) is 20.9. The first-order valence-corrected chi connectivity index (χ1v) is 26.3. The Labute approximate surface area is 405 Å². The first kappa shape index (κ1) is 50.2. The number of benzene rings is 4. The number of alkyl carbamates (subject to hydrolysis) is 1. The third-order valence-electron chi connectivity index (χ3n) is 13.3. The van der Waals surface area contributed by atoms with Crippen molar-refractivity contribution < 1.29 is 47.7 Å². The van der Waals surface area contributed by atoms with Crippen LogP contribution in [-0.4, -0.2) is 91.9 Å². The van der Waals surface area contributed by atoms with Gasteiger partial charge in [0.2, 0.25) is 11.8 Å². The molecule has 366 valence electrons. The molecule has 0 spiro atoms. The molecule has 0 saturated heterocycles. The highest BCUT2D eigenvalue weighted by Crippen LogP contribution is 2.47. The fraction of sp³-hybridized carbons (Fsp3) is 0.415. The van der Waals surface area contributed by atoms with Crippen LogP contribution in [0.25, 0.3) is 16.7 Å². The molecule has 0 saturated carbocycles. The van der Waals surface area contributed by atoms with Crippen molar-refractivity contribution in [3.63, 3.8) is 0 Å². The number of methoxy groups -OCH3 is 1. The second-order valence-corrected chi connectivity index (χ2v) is 25.5. The number of hydrogen-bond donors (Lipinski definition) is 4. The lowest BCUT2D eigenvalue weighted by Crippen LogP contribution is -2.58. The Kier molecular flexibility index (Phi) is 14.1. The van der Waals surface area contributed by atoms with Gasteiger partial charge in [0.1, 0.15) is 24.3 Å². The number of phenols is 1. The zero-order valence-electron chi connectivity index (χ0n) is 41.6. The summed E-state index contributed by atoms with van der Waals surface area (Å²) < 4.78 is 24.2. The van der Waals surface area contributed by atoms with E-state index in [9.17, 15) is 29.1 Å². The molecular weight excluding hydrogens is 895 g/mol. The van der Waals surface area contributed by atoms with Gasteiger partial charge >= 0.3 is 12.2 Å². The molecule has 3 unspecified atom stereocenters. The molecule has 4 aromatic carbocycles. The summed E-state index contributed by atoms with van der Waals surface area (Å²) in [4.78, 5) is 72.1. The van der Waals surface area contributed by atoms with Crippen LogP contribution in [0.4, 0.5) is 21.0 Å². The molecule has 0 radical (unpaired) electrons. The van der Waals surface area contributed by atoms with Gasteiger partial charge < -0.3 is 44.6 Å². The highest BCUT2D eigenvalue weighted by Gasteiger charge is 2.51. The van der Waals surface area contributed by atoms with E-state index in [-0.39, 0.29) is 52.7 Å². The number of amides is 5. The van der Waals surface area contributed by atoms with Crippen LogP contribution in [0.15, 0.2) is 91.1 Å². The van der Waals surface area contributed by atoms with Gasteiger partial charge in [0.05, 0.1) is 24.4 Å². The fourth-order valence-corrected chi connectivity index (χ4v) is 9.85. The molecule has 1 aliphatic carbocycles. The highest BCUT2D eigenvalue weighted by molar-refractivity contribution is 6.74. The van der Waals surface area contributed by atoms with Crippen molar-refractivity contribution in [1.29, 1.82) is 0 Å². The van der Waals surface area contributed by atoms with Crippen LogP contribution in [0, 0.1) is 5.92 Å². The number of hydrogen-bond acceptors (Lipinski definition) is 10. The number of fused-ring (bicyclic) bond motifs is 5. The van der Waals surface area contributed by atoms with Gasteiger partial charge in [0.25, 0.3) is 5.91 Å². The SMILES string of the molecule is COc1cc2c(cc1O)N(C(=O)OC(C)(C)C)[C@@H](O[Si](C)(C)C(C)(C)C)C1CC(c3ccc(NC(=O)C(C)NC(=O)C(NC(=O)OCC4c5ccccc5-c5ccccc54)C(C)C)cc3)=CN1C2=O. The Balaban J connectivity index is 1.04. The van der Waals surface area contributed by atoms with Gasteiger partial charge in [0, 0.05) is 23.9 Å². The van der Waals surface area contributed by atoms with E-state index in [1.165, 1.54) is 24.1 Å². The molecule has 2 aliphatic heterocycles. The Morgan fingerprint density at radius 3 is 2.00 bits per heavy atom. The maximum absolute atomic E-state index is 14.7. The number of phenolic OH excluding ortho intramolecular Hbond substituents is 1. The predicted octanol–water partition coefficient (Wildman–Crippen LogP) is 9.77. The van der Waals surface area contributed by atoms with Crippen LogP contribution in [0.2, 0.25) is 18.1 Å². The van der Waals surface area contributed by atoms with Gasteiger partial charge in [-0.3, -0.25) is 14.4 Å². The number of carbonyl (C=O) groups excluding carboxylic acids is 5. The Bertz CT molecular complexity index is 2620. The minimum atomic E-state index is -2.68. The molecule has 4 N–H and O–H groups in total. The highest BCUT2D eigenvalue weighted by atomic mass is 28.4. The van der Waals surface area contributed by atoms with Crippen molar-refractivity contribution in [1.82, 2.24) is 15.5 Å². The molecule has 5 amide bonds. The lowest BCUT2D eigenvalue weighted by atomic mass is 9.98. The largest absolute Gasteiger partial charge is 0.504 e. The number of carbonyl (C=O) groups is 5. The minimum Gasteiger partial charge on any atom is -0.504 e. The summed E-state index contributed by atoms with van der Waals surface area (Å²) >= 11 is 0. The van der Waals surface area contributed by atoms with E-state index < -0.39 is 68.2 Å². The quantitative estimate of drug-likeness (QED) is 0.0997. The molecular formula is C53H65N5O10Si. The van der Waals surface area contributed by atoms with Crippen molar-refractivity contribution in [3.05, 3.63) is 113 Å². The molecule has 4 atom stereocenters. The van der Waals surface area contributed by atoms with E-state index in [0.717, 1.165) is 33.4 Å². The van der Waals surface area contributed by atoms with Crippen LogP contribution >= 0.6 is 0 Å². The standard InChI is InChI=1S/C53H65N5O10Si/c1-30(2)45(56-50(63)66-29-40-37-19-15-13-17-35(37)36-18-14-16-20-38(36)40)47(61)54-31(3)46(60)55-34-23-21-32(22-24-34)33-25-42-49(68-69(11,12)53(7,8)9)58(51(64)67-52(4,5)6)41-27-43(59)44(65-10)26-39(41)48(62)57(42)28-33/h13-24,26-28,30-31,40,42,45,49,59H,25,29H2,1-12H3,(H,54,61)(H,55,60)(H,56,63)/t31?,42?,45?,49-/m0/s1. The van der Waals surface area contributed by atoms with Crippen molar-refractivity contribution in [2.24, 2.45) is 5.92 Å². The van der Waals surface area contributed by atoms with E-state index in [1.807, 2.05) is 48.5 Å². The summed E-state index contributed by atoms with van der Waals surface area (Å²) in [5.74, 6) is -2.10. The van der Waals surface area contributed by atoms with Gasteiger partial charge in [-0.1, -0.05) is 95.3 Å². The number of ether oxygens (including phenoxy) is 3. The number of nitrogens with one attached hydrogen (secondary N) is 3. The van der Waals surface area contributed by atoms with Gasteiger partial charge in [-0.15, -0.1) is 0 Å². The van der Waals surface area contributed by atoms with Gasteiger partial charge in [0.15, 0.2) is 26.0 Å². The molecule has 16 heteroatoms. The molecule has 0 aromatic heterocycles. The lowest BCUT2D eigenvalue weighted by molar-refractivity contribution is -0.128. The van der Waals surface area contributed by atoms with Gasteiger partial charge in [-0.2, -0.15) is 0 Å². The first-order valence-electron chi connectivity index (χ1n) is 23.4. The normalized spacial score (nSPS) is 17.6. The van der Waals surface area contributed by atoms with E-state index in [1.54, 1.807) is 64.8 Å². The zero-order chi connectivity index (χ0) is 50.3. The van der Waals surface area contributed by atoms with Crippen LogP contribution in [0.5, 0.6) is 11.5 Å². The summed E-state index contributed by atoms with van der Waals surface area (Å²) in [7, 11) is -1.29. The van der Waals surface area contributed by atoms with E-state index in [4.69, 9.17) is 18.6 Å². The first-order chi connectivity index (χ1) is 32.4. The number of nitrogens with zero attached hydrogens (tertiary/aromatic N) is 2. The van der Waals surface area contributed by atoms with Crippen molar-refractivity contribution in [2.45, 2.75) is 123 Å². The zero-order valence-corrected chi connectivity index (χ0v) is 42.6. The molecule has 7 rings (SSSR count). The molecule has 2 heterocycles. The number of rotatable bonds is 12. The average molecular weight is 960 g/mol. The third kappa shape index (κ3) is 10.5. The van der Waals surface area contributed by atoms with Crippen LogP contribution in [0.3, 0.4) is 0 Å². The monoisotopic (exact) mass is 959 g/mol. The summed E-state index contributed by atoms with van der Waals surface area (Å²) in [5, 5.41) is 19.0. The molecule has 69 heavy (non-hydrogen) atoms. The van der Waals surface area contributed by atoms with Crippen molar-refractivity contribution >= 4 is 55.2 Å². The molecule has 15 nitrogen and oxygen atoms in total. The van der Waals surface area contributed by atoms with Crippen LogP contribution < -0.4 is 25.6 Å². The van der Waals surface area contributed by atoms with Gasteiger partial charge in [-0.25, -0.2) is 14.5 Å². The predicted molar refractivity (Wildman–Crippen MR) is 268 cm³/mol. The van der Waals surface area contributed by atoms with Gasteiger partial charge in [-0.05, 0) is 110 Å². The van der Waals surface area contributed by atoms with Crippen molar-refractivity contribution in [2.75, 3.05) is 23.9 Å². The Hall–Kier alpha value is -6.65. The smallest absolute Gasteiger partial charge is 0.417 e. The van der Waals surface area contributed by atoms with E-state index in [2.05, 4.69) is 61.9 Å². The minimum absolute atomic E-state index is 0.0615. The summed E-state index contributed by atoms with van der Waals surface area (Å²) in [6.07, 6.45) is -0.453. The topological polar surface area (TPSA) is 185 Å². The number of aromatic hydroxyl groups is 1. The molecule has 0 fully saturated rings. The summed E-state index contributed by atoms with van der Waals surface area (Å²) in [6, 6.07) is 23.3. The molecule has 3 aliphatic rings. The third-order valence-corrected chi connectivity index (χ3v) is 17.8. The second kappa shape index (κ2) is 19.4. The maximum atomic E-state index is 14.7. The maximum Gasteiger partial charge on any atom is 0.417 e. The fourth-order valence-electron chi connectivity index (χ4n) is 8.63.